The standard InChI is InChI=1S/C11H14O4/c1-10(2)6-3-4-11(10,9(14)15)8(13)5-7(6)12/h6H,3-5H2,1-2H3,(H,14,15). The molecule has 0 amide bonds. The largest absolute Gasteiger partial charge is 0.480 e. The van der Waals surface area contributed by atoms with E-state index in [1.807, 2.05) is 0 Å². The molecule has 82 valence electrons. The van der Waals surface area contributed by atoms with Gasteiger partial charge in [0.1, 0.15) is 11.2 Å². The Morgan fingerprint density at radius 2 is 2.00 bits per heavy atom. The quantitative estimate of drug-likeness (QED) is 0.656. The predicted octanol–water partition coefficient (Wildman–Crippen LogP) is 1.04. The van der Waals surface area contributed by atoms with E-state index in [2.05, 4.69) is 0 Å². The third-order valence-electron chi connectivity index (χ3n) is 4.34. The van der Waals surface area contributed by atoms with Crippen LogP contribution in [0.3, 0.4) is 0 Å². The summed E-state index contributed by atoms with van der Waals surface area (Å²) < 4.78 is 0. The van der Waals surface area contributed by atoms with Crippen molar-refractivity contribution in [3.05, 3.63) is 0 Å². The number of hydrogen-bond acceptors (Lipinski definition) is 3. The molecule has 0 heterocycles. The summed E-state index contributed by atoms with van der Waals surface area (Å²) in [5.74, 6) is -1.81. The lowest BCUT2D eigenvalue weighted by Gasteiger charge is -2.42. The van der Waals surface area contributed by atoms with Crippen LogP contribution in [-0.4, -0.2) is 22.6 Å². The summed E-state index contributed by atoms with van der Waals surface area (Å²) in [5.41, 5.74) is -2.04. The molecule has 0 aromatic heterocycles. The minimum absolute atomic E-state index is 0.0839. The fourth-order valence-corrected chi connectivity index (χ4v) is 3.34. The first-order chi connectivity index (χ1) is 6.84. The normalized spacial score (nSPS) is 38.1. The number of aliphatic carboxylic acids is 1. The summed E-state index contributed by atoms with van der Waals surface area (Å²) in [4.78, 5) is 34.8. The van der Waals surface area contributed by atoms with Crippen molar-refractivity contribution < 1.29 is 19.5 Å². The lowest BCUT2D eigenvalue weighted by molar-refractivity contribution is -0.167. The third-order valence-corrected chi connectivity index (χ3v) is 4.34. The molecule has 2 saturated carbocycles. The summed E-state index contributed by atoms with van der Waals surface area (Å²) in [6.07, 6.45) is 0.648. The maximum absolute atomic E-state index is 11.8. The van der Waals surface area contributed by atoms with E-state index in [4.69, 9.17) is 0 Å². The van der Waals surface area contributed by atoms with E-state index in [9.17, 15) is 19.5 Å². The van der Waals surface area contributed by atoms with Crippen LogP contribution in [0.2, 0.25) is 0 Å². The summed E-state index contributed by atoms with van der Waals surface area (Å²) in [7, 11) is 0. The Hall–Kier alpha value is -1.19. The molecular formula is C11H14O4. The van der Waals surface area contributed by atoms with Crippen molar-refractivity contribution in [1.82, 2.24) is 0 Å². The van der Waals surface area contributed by atoms with Crippen LogP contribution in [0.1, 0.15) is 33.1 Å². The number of carboxylic acid groups (broad SMARTS) is 1. The van der Waals surface area contributed by atoms with Crippen molar-refractivity contribution in [2.75, 3.05) is 0 Å². The number of rotatable bonds is 1. The highest BCUT2D eigenvalue weighted by atomic mass is 16.4. The Labute approximate surface area is 87.7 Å². The van der Waals surface area contributed by atoms with Gasteiger partial charge in [0, 0.05) is 5.92 Å². The van der Waals surface area contributed by atoms with Crippen molar-refractivity contribution in [2.24, 2.45) is 16.7 Å². The summed E-state index contributed by atoms with van der Waals surface area (Å²) in [6, 6.07) is 0. The second kappa shape index (κ2) is 2.68. The molecule has 2 fully saturated rings. The van der Waals surface area contributed by atoms with Crippen molar-refractivity contribution in [3.8, 4) is 0 Å². The average molecular weight is 210 g/mol. The van der Waals surface area contributed by atoms with Gasteiger partial charge in [0.2, 0.25) is 0 Å². The zero-order valence-corrected chi connectivity index (χ0v) is 8.87. The van der Waals surface area contributed by atoms with Crippen LogP contribution in [0.15, 0.2) is 0 Å². The lowest BCUT2D eigenvalue weighted by atomic mass is 9.57. The summed E-state index contributed by atoms with van der Waals surface area (Å²) >= 11 is 0. The molecule has 2 atom stereocenters. The van der Waals surface area contributed by atoms with E-state index < -0.39 is 22.6 Å². The van der Waals surface area contributed by atoms with Gasteiger partial charge < -0.3 is 5.11 Å². The molecule has 0 radical (unpaired) electrons. The Balaban J connectivity index is 2.60. The van der Waals surface area contributed by atoms with Crippen molar-refractivity contribution in [1.29, 1.82) is 0 Å². The number of carboxylic acids is 1. The molecular weight excluding hydrogens is 196 g/mol. The predicted molar refractivity (Wildman–Crippen MR) is 51.2 cm³/mol. The molecule has 0 spiro atoms. The molecule has 0 aliphatic heterocycles. The van der Waals surface area contributed by atoms with Crippen molar-refractivity contribution >= 4 is 17.5 Å². The van der Waals surface area contributed by atoms with Crippen LogP contribution in [-0.2, 0) is 14.4 Å². The smallest absolute Gasteiger partial charge is 0.317 e. The molecule has 0 aromatic rings. The number of Topliss-reactive ketones (excluding diaryl/α,β-unsaturated/α-hetero) is 2. The minimum atomic E-state index is -1.31. The van der Waals surface area contributed by atoms with Crippen molar-refractivity contribution in [3.63, 3.8) is 0 Å². The zero-order valence-electron chi connectivity index (χ0n) is 8.87. The summed E-state index contributed by atoms with van der Waals surface area (Å²) in [5, 5.41) is 9.28. The van der Waals surface area contributed by atoms with Crippen LogP contribution in [0.5, 0.6) is 0 Å². The monoisotopic (exact) mass is 210 g/mol. The highest BCUT2D eigenvalue weighted by molar-refractivity contribution is 6.15. The first-order valence-corrected chi connectivity index (χ1v) is 5.13. The average Bonchev–Trinajstić information content (AvgIpc) is 2.27. The van der Waals surface area contributed by atoms with Gasteiger partial charge in [0.05, 0.1) is 6.42 Å². The first kappa shape index (κ1) is 10.3. The second-order valence-corrected chi connectivity index (χ2v) is 5.09. The number of carbonyl (C=O) groups is 3. The maximum atomic E-state index is 11.8. The number of carbonyl (C=O) groups excluding carboxylic acids is 2. The van der Waals surface area contributed by atoms with Crippen molar-refractivity contribution in [2.45, 2.75) is 33.1 Å². The Bertz CT molecular complexity index is 369. The van der Waals surface area contributed by atoms with Gasteiger partial charge in [-0.2, -0.15) is 0 Å². The van der Waals surface area contributed by atoms with E-state index >= 15 is 0 Å². The van der Waals surface area contributed by atoms with Crippen LogP contribution in [0.25, 0.3) is 0 Å². The summed E-state index contributed by atoms with van der Waals surface area (Å²) in [6.45, 7) is 3.46. The van der Waals surface area contributed by atoms with Gasteiger partial charge in [-0.1, -0.05) is 13.8 Å². The highest BCUT2D eigenvalue weighted by Gasteiger charge is 2.67. The van der Waals surface area contributed by atoms with Gasteiger partial charge in [-0.3, -0.25) is 14.4 Å². The molecule has 15 heavy (non-hydrogen) atoms. The van der Waals surface area contributed by atoms with E-state index in [0.717, 1.165) is 0 Å². The molecule has 2 rings (SSSR count). The Morgan fingerprint density at radius 1 is 1.40 bits per heavy atom. The van der Waals surface area contributed by atoms with E-state index in [-0.39, 0.29) is 18.1 Å². The molecule has 2 unspecified atom stereocenters. The molecule has 0 saturated heterocycles. The van der Waals surface area contributed by atoms with Gasteiger partial charge >= 0.3 is 5.97 Å². The van der Waals surface area contributed by atoms with Crippen LogP contribution in [0, 0.1) is 16.7 Å². The van der Waals surface area contributed by atoms with Gasteiger partial charge in [-0.25, -0.2) is 0 Å². The SMILES string of the molecule is CC1(C)C2CCC1(C(=O)O)C(=O)CC2=O. The van der Waals surface area contributed by atoms with Gasteiger partial charge in [-0.15, -0.1) is 0 Å². The van der Waals surface area contributed by atoms with E-state index in [0.29, 0.717) is 12.8 Å². The number of fused-ring (bicyclic) bond motifs is 2. The van der Waals surface area contributed by atoms with E-state index in [1.54, 1.807) is 13.8 Å². The maximum Gasteiger partial charge on any atom is 0.317 e. The van der Waals surface area contributed by atoms with Crippen LogP contribution in [0.4, 0.5) is 0 Å². The molecule has 2 bridgehead atoms. The lowest BCUT2D eigenvalue weighted by Crippen LogP contribution is -2.54. The fourth-order valence-electron chi connectivity index (χ4n) is 3.34. The van der Waals surface area contributed by atoms with E-state index in [1.165, 1.54) is 0 Å². The third kappa shape index (κ3) is 0.945. The Morgan fingerprint density at radius 3 is 2.53 bits per heavy atom. The fraction of sp³-hybridized carbons (Fsp3) is 0.727. The molecule has 0 aromatic carbocycles. The van der Waals surface area contributed by atoms with Crippen LogP contribution >= 0.6 is 0 Å². The Kier molecular flexibility index (Phi) is 1.85. The number of ketones is 2. The van der Waals surface area contributed by atoms with Gasteiger partial charge in [-0.05, 0) is 18.3 Å². The molecule has 1 N–H and O–H groups in total. The first-order valence-electron chi connectivity index (χ1n) is 5.13. The zero-order chi connectivity index (χ0) is 11.4. The molecule has 2 aliphatic carbocycles. The minimum Gasteiger partial charge on any atom is -0.480 e. The molecule has 2 aliphatic rings. The molecule has 4 nitrogen and oxygen atoms in total. The highest BCUT2D eigenvalue weighted by Crippen LogP contribution is 2.60. The van der Waals surface area contributed by atoms with Gasteiger partial charge in [0.25, 0.3) is 0 Å². The van der Waals surface area contributed by atoms with Crippen LogP contribution < -0.4 is 0 Å². The molecule has 4 heteroatoms. The second-order valence-electron chi connectivity index (χ2n) is 5.09. The topological polar surface area (TPSA) is 71.4 Å². The van der Waals surface area contributed by atoms with Gasteiger partial charge in [0.15, 0.2) is 5.78 Å². The number of hydrogen-bond donors (Lipinski definition) is 1.